The van der Waals surface area contributed by atoms with Crippen LogP contribution in [0.2, 0.25) is 0 Å². The largest absolute Gasteiger partial charge is 0.733 e. The van der Waals surface area contributed by atoms with E-state index in [-0.39, 0.29) is 16.5 Å². The van der Waals surface area contributed by atoms with Gasteiger partial charge >= 0.3 is 0 Å². The highest BCUT2D eigenvalue weighted by molar-refractivity contribution is 5.72. The molecule has 0 aliphatic carbocycles. The molecule has 1 rings (SSSR count). The second kappa shape index (κ2) is 4.77. The van der Waals surface area contributed by atoms with Crippen LogP contribution in [0.15, 0.2) is 29.8 Å². The summed E-state index contributed by atoms with van der Waals surface area (Å²) in [5, 5.41) is 36.2. The van der Waals surface area contributed by atoms with Gasteiger partial charge in [0.2, 0.25) is 0 Å². The third-order valence-electron chi connectivity index (χ3n) is 1.68. The molecule has 0 fully saturated rings. The maximum absolute atomic E-state index is 10.7. The monoisotopic (exact) mass is 200 g/mol. The van der Waals surface area contributed by atoms with E-state index in [1.165, 1.54) is 18.2 Å². The van der Waals surface area contributed by atoms with Crippen molar-refractivity contribution in [1.29, 1.82) is 10.5 Å². The van der Waals surface area contributed by atoms with Gasteiger partial charge in [-0.3, -0.25) is 5.21 Å². The summed E-state index contributed by atoms with van der Waals surface area (Å²) >= 11 is 0. The average molecular weight is 200 g/mol. The highest BCUT2D eigenvalue weighted by Gasteiger charge is 2.01. The van der Waals surface area contributed by atoms with Crippen LogP contribution in [0.5, 0.6) is 0 Å². The molecule has 15 heavy (non-hydrogen) atoms. The highest BCUT2D eigenvalue weighted by atomic mass is 16.8. The molecule has 0 atom stereocenters. The number of benzene rings is 1. The normalized spacial score (nSPS) is 8.53. The lowest BCUT2D eigenvalue weighted by Gasteiger charge is -2.23. The number of nitrogens with zero attached hydrogens (tertiary/aromatic N) is 3. The fourth-order valence-electron chi connectivity index (χ4n) is 1.03. The molecule has 0 saturated heterocycles. The predicted molar refractivity (Wildman–Crippen MR) is 53.3 cm³/mol. The summed E-state index contributed by atoms with van der Waals surface area (Å²) < 4.78 is 0. The van der Waals surface area contributed by atoms with E-state index in [9.17, 15) is 5.21 Å². The first-order chi connectivity index (χ1) is 7.19. The Morgan fingerprint density at radius 3 is 2.47 bits per heavy atom. The van der Waals surface area contributed by atoms with E-state index in [0.29, 0.717) is 5.56 Å². The first kappa shape index (κ1) is 10.7. The standard InChI is InChI=1S/C10H6N3O2/c11-6-8(7-12)5-9-3-1-2-4-10(9)13(14)15/h1-5,14H/q-1. The van der Waals surface area contributed by atoms with Crippen molar-refractivity contribution < 1.29 is 5.21 Å². The molecule has 0 saturated carbocycles. The first-order valence-electron chi connectivity index (χ1n) is 3.96. The quantitative estimate of drug-likeness (QED) is 0.580. The fourth-order valence-corrected chi connectivity index (χ4v) is 1.03. The van der Waals surface area contributed by atoms with Gasteiger partial charge in [0.25, 0.3) is 0 Å². The summed E-state index contributed by atoms with van der Waals surface area (Å²) in [7, 11) is 0. The molecule has 0 radical (unpaired) electrons. The molecule has 1 aromatic rings. The minimum absolute atomic E-state index is 0.0134. The molecule has 1 N–H and O–H groups in total. The van der Waals surface area contributed by atoms with Crippen LogP contribution in [0.4, 0.5) is 5.69 Å². The first-order valence-corrected chi connectivity index (χ1v) is 3.96. The SMILES string of the molecule is N#CC(C#N)=Cc1ccccc1N([O-])O. The molecule has 5 heteroatoms. The Labute approximate surface area is 86.2 Å². The van der Waals surface area contributed by atoms with Gasteiger partial charge in [-0.1, -0.05) is 18.2 Å². The van der Waals surface area contributed by atoms with Crippen molar-refractivity contribution in [2.24, 2.45) is 0 Å². The van der Waals surface area contributed by atoms with Gasteiger partial charge < -0.3 is 10.4 Å². The van der Waals surface area contributed by atoms with Crippen LogP contribution in [0, 0.1) is 27.9 Å². The van der Waals surface area contributed by atoms with Crippen molar-refractivity contribution in [3.8, 4) is 12.1 Å². The zero-order valence-electron chi connectivity index (χ0n) is 7.58. The van der Waals surface area contributed by atoms with Gasteiger partial charge in [0.15, 0.2) is 0 Å². The smallest absolute Gasteiger partial charge is 0.130 e. The summed E-state index contributed by atoms with van der Waals surface area (Å²) in [6, 6.07) is 9.42. The van der Waals surface area contributed by atoms with E-state index in [2.05, 4.69) is 0 Å². The van der Waals surface area contributed by atoms with Gasteiger partial charge in [0.05, 0.1) is 5.69 Å². The number of hydrogen-bond acceptors (Lipinski definition) is 5. The molecule has 0 bridgehead atoms. The Bertz CT molecular complexity index is 450. The number of allylic oxidation sites excluding steroid dienone is 1. The molecule has 0 aliphatic heterocycles. The van der Waals surface area contributed by atoms with Crippen molar-refractivity contribution in [1.82, 2.24) is 0 Å². The minimum atomic E-state index is -0.307. The third-order valence-corrected chi connectivity index (χ3v) is 1.68. The van der Waals surface area contributed by atoms with Gasteiger partial charge in [-0.25, -0.2) is 0 Å². The summed E-state index contributed by atoms with van der Waals surface area (Å²) in [5.74, 6) is 0. The number of nitriles is 2. The van der Waals surface area contributed by atoms with Crippen LogP contribution in [0.25, 0.3) is 6.08 Å². The Morgan fingerprint density at radius 2 is 1.93 bits per heavy atom. The van der Waals surface area contributed by atoms with Crippen LogP contribution < -0.4 is 5.23 Å². The minimum Gasteiger partial charge on any atom is -0.733 e. The van der Waals surface area contributed by atoms with Crippen LogP contribution in [0.3, 0.4) is 0 Å². The van der Waals surface area contributed by atoms with Crippen molar-refractivity contribution in [2.75, 3.05) is 5.23 Å². The van der Waals surface area contributed by atoms with Crippen molar-refractivity contribution >= 4 is 11.8 Å². The number of para-hydroxylation sites is 1. The predicted octanol–water partition coefficient (Wildman–Crippen LogP) is 1.81. The molecule has 74 valence electrons. The van der Waals surface area contributed by atoms with E-state index in [4.69, 9.17) is 15.7 Å². The Balaban J connectivity index is 3.23. The third kappa shape index (κ3) is 2.55. The Hall–Kier alpha value is -2.34. The van der Waals surface area contributed by atoms with Crippen LogP contribution in [-0.4, -0.2) is 5.21 Å². The van der Waals surface area contributed by atoms with E-state index in [1.54, 1.807) is 24.3 Å². The summed E-state index contributed by atoms with van der Waals surface area (Å²) in [6.07, 6.45) is 1.23. The van der Waals surface area contributed by atoms with Gasteiger partial charge in [-0.05, 0) is 12.1 Å². The molecule has 0 aliphatic rings. The number of rotatable bonds is 2. The topological polar surface area (TPSA) is 94.1 Å². The molecule has 0 unspecified atom stereocenters. The second-order valence-corrected chi connectivity index (χ2v) is 2.61. The Morgan fingerprint density at radius 1 is 1.33 bits per heavy atom. The molecule has 0 spiro atoms. The highest BCUT2D eigenvalue weighted by Crippen LogP contribution is 2.20. The van der Waals surface area contributed by atoms with Crippen molar-refractivity contribution in [3.05, 3.63) is 40.6 Å². The molecular formula is C10H6N3O2-. The van der Waals surface area contributed by atoms with E-state index in [1.807, 2.05) is 0 Å². The molecular weight excluding hydrogens is 194 g/mol. The lowest BCUT2D eigenvalue weighted by molar-refractivity contribution is 0.296. The molecule has 0 aromatic heterocycles. The van der Waals surface area contributed by atoms with E-state index in [0.717, 1.165) is 0 Å². The molecule has 0 amide bonds. The average Bonchev–Trinajstić information content (AvgIpc) is 2.26. The van der Waals surface area contributed by atoms with Gasteiger partial charge in [-0.2, -0.15) is 10.5 Å². The van der Waals surface area contributed by atoms with Gasteiger partial charge in [-0.15, -0.1) is 0 Å². The zero-order chi connectivity index (χ0) is 11.3. The summed E-state index contributed by atoms with van der Waals surface area (Å²) in [4.78, 5) is 0. The Kier molecular flexibility index (Phi) is 3.42. The number of hydrogen-bond donors (Lipinski definition) is 1. The van der Waals surface area contributed by atoms with Crippen LogP contribution in [-0.2, 0) is 0 Å². The zero-order valence-corrected chi connectivity index (χ0v) is 7.58. The van der Waals surface area contributed by atoms with E-state index < -0.39 is 0 Å². The van der Waals surface area contributed by atoms with Gasteiger partial charge in [0, 0.05) is 5.56 Å². The van der Waals surface area contributed by atoms with E-state index >= 15 is 0 Å². The number of anilines is 1. The summed E-state index contributed by atoms with van der Waals surface area (Å²) in [5.41, 5.74) is 0.165. The van der Waals surface area contributed by atoms with Crippen molar-refractivity contribution in [2.45, 2.75) is 0 Å². The molecule has 0 heterocycles. The summed E-state index contributed by atoms with van der Waals surface area (Å²) in [6.45, 7) is 0. The molecule has 5 nitrogen and oxygen atoms in total. The van der Waals surface area contributed by atoms with Crippen LogP contribution >= 0.6 is 0 Å². The van der Waals surface area contributed by atoms with Gasteiger partial charge in [0.1, 0.15) is 17.7 Å². The van der Waals surface area contributed by atoms with Crippen LogP contribution in [0.1, 0.15) is 5.56 Å². The van der Waals surface area contributed by atoms with Crippen molar-refractivity contribution in [3.63, 3.8) is 0 Å². The maximum Gasteiger partial charge on any atom is 0.130 e. The lowest BCUT2D eigenvalue weighted by atomic mass is 10.1. The second-order valence-electron chi connectivity index (χ2n) is 2.61. The lowest BCUT2D eigenvalue weighted by Crippen LogP contribution is -2.08. The maximum atomic E-state index is 10.7. The molecule has 1 aromatic carbocycles. The fraction of sp³-hybridized carbons (Fsp3) is 0.